The second-order valence-corrected chi connectivity index (χ2v) is 4.89. The van der Waals surface area contributed by atoms with Crippen molar-refractivity contribution in [2.75, 3.05) is 5.32 Å². The fourth-order valence-corrected chi connectivity index (χ4v) is 2.29. The Labute approximate surface area is 117 Å². The summed E-state index contributed by atoms with van der Waals surface area (Å²) in [6.45, 7) is 2.37. The zero-order valence-corrected chi connectivity index (χ0v) is 11.5. The fourth-order valence-electron chi connectivity index (χ4n) is 2.29. The van der Waals surface area contributed by atoms with Crippen LogP contribution in [0.3, 0.4) is 0 Å². The van der Waals surface area contributed by atoms with Gasteiger partial charge in [0.25, 0.3) is 0 Å². The third-order valence-corrected chi connectivity index (χ3v) is 3.49. The summed E-state index contributed by atoms with van der Waals surface area (Å²) in [6.07, 6.45) is 0. The van der Waals surface area contributed by atoms with E-state index in [0.29, 0.717) is 12.1 Å². The molecule has 0 atom stereocenters. The maximum Gasteiger partial charge on any atom is 0.128 e. The van der Waals surface area contributed by atoms with Crippen LogP contribution >= 0.6 is 0 Å². The molecule has 1 aromatic heterocycles. The first-order valence-electron chi connectivity index (χ1n) is 6.55. The van der Waals surface area contributed by atoms with Crippen LogP contribution in [0.5, 0.6) is 0 Å². The molecule has 1 heterocycles. The number of aryl methyl sites for hydroxylation is 2. The molecule has 0 spiro atoms. The van der Waals surface area contributed by atoms with Gasteiger partial charge in [-0.1, -0.05) is 12.1 Å². The molecule has 102 valence electrons. The van der Waals surface area contributed by atoms with Crippen molar-refractivity contribution in [3.05, 3.63) is 59.7 Å². The number of imidazole rings is 1. The highest BCUT2D eigenvalue weighted by Gasteiger charge is 2.07. The summed E-state index contributed by atoms with van der Waals surface area (Å²) < 4.78 is 15.3. The van der Waals surface area contributed by atoms with E-state index in [1.54, 1.807) is 19.1 Å². The summed E-state index contributed by atoms with van der Waals surface area (Å²) in [5, 5.41) is 3.28. The smallest absolute Gasteiger partial charge is 0.128 e. The minimum absolute atomic E-state index is 0.182. The standard InChI is InChI=1S/C16H16FN3/c1-11-9-12(7-8-13(11)17)18-10-16-19-14-5-3-4-6-15(14)20(16)2/h3-9,18H,10H2,1-2H3. The predicted octanol–water partition coefficient (Wildman–Crippen LogP) is 3.63. The highest BCUT2D eigenvalue weighted by atomic mass is 19.1. The molecule has 0 unspecified atom stereocenters. The molecule has 0 radical (unpaired) electrons. The molecular formula is C16H16FN3. The minimum atomic E-state index is -0.182. The van der Waals surface area contributed by atoms with Crippen LogP contribution in [0.4, 0.5) is 10.1 Å². The lowest BCUT2D eigenvalue weighted by atomic mass is 10.2. The molecule has 3 aromatic rings. The first-order chi connectivity index (χ1) is 9.65. The van der Waals surface area contributed by atoms with E-state index in [1.807, 2.05) is 31.3 Å². The molecule has 4 heteroatoms. The van der Waals surface area contributed by atoms with E-state index in [9.17, 15) is 4.39 Å². The highest BCUT2D eigenvalue weighted by Crippen LogP contribution is 2.17. The Morgan fingerprint density at radius 2 is 2.00 bits per heavy atom. The third-order valence-electron chi connectivity index (χ3n) is 3.49. The molecule has 0 amide bonds. The molecule has 0 aliphatic carbocycles. The van der Waals surface area contributed by atoms with Crippen LogP contribution in [0, 0.1) is 12.7 Å². The SMILES string of the molecule is Cc1cc(NCc2nc3ccccc3n2C)ccc1F. The maximum absolute atomic E-state index is 13.2. The minimum Gasteiger partial charge on any atom is -0.378 e. The van der Waals surface area contributed by atoms with Gasteiger partial charge in [-0.25, -0.2) is 9.37 Å². The van der Waals surface area contributed by atoms with Gasteiger partial charge in [0.2, 0.25) is 0 Å². The van der Waals surface area contributed by atoms with Crippen molar-refractivity contribution in [3.63, 3.8) is 0 Å². The Kier molecular flexibility index (Phi) is 3.14. The van der Waals surface area contributed by atoms with Crippen molar-refractivity contribution in [2.24, 2.45) is 7.05 Å². The van der Waals surface area contributed by atoms with E-state index in [0.717, 1.165) is 22.5 Å². The van der Waals surface area contributed by atoms with Crippen LogP contribution < -0.4 is 5.32 Å². The number of benzene rings is 2. The Morgan fingerprint density at radius 3 is 2.75 bits per heavy atom. The van der Waals surface area contributed by atoms with Crippen LogP contribution in [0.25, 0.3) is 11.0 Å². The number of para-hydroxylation sites is 2. The van der Waals surface area contributed by atoms with Crippen molar-refractivity contribution in [3.8, 4) is 0 Å². The number of nitrogens with one attached hydrogen (secondary N) is 1. The van der Waals surface area contributed by atoms with Crippen molar-refractivity contribution < 1.29 is 4.39 Å². The molecule has 3 nitrogen and oxygen atoms in total. The first kappa shape index (κ1) is 12.7. The van der Waals surface area contributed by atoms with Gasteiger partial charge in [0, 0.05) is 12.7 Å². The van der Waals surface area contributed by atoms with Crippen LogP contribution in [-0.2, 0) is 13.6 Å². The summed E-state index contributed by atoms with van der Waals surface area (Å²) in [6, 6.07) is 13.1. The van der Waals surface area contributed by atoms with Gasteiger partial charge in [-0.05, 0) is 42.8 Å². The Balaban J connectivity index is 1.83. The number of fused-ring (bicyclic) bond motifs is 1. The number of hydrogen-bond acceptors (Lipinski definition) is 2. The topological polar surface area (TPSA) is 29.9 Å². The average Bonchev–Trinajstić information content (AvgIpc) is 2.77. The van der Waals surface area contributed by atoms with Crippen molar-refractivity contribution in [1.82, 2.24) is 9.55 Å². The lowest BCUT2D eigenvalue weighted by Gasteiger charge is -2.07. The van der Waals surface area contributed by atoms with Gasteiger partial charge >= 0.3 is 0 Å². The number of aromatic nitrogens is 2. The molecule has 20 heavy (non-hydrogen) atoms. The second kappa shape index (κ2) is 4.96. The third kappa shape index (κ3) is 2.25. The molecule has 3 rings (SSSR count). The normalized spacial score (nSPS) is 10.9. The van der Waals surface area contributed by atoms with Gasteiger partial charge in [-0.15, -0.1) is 0 Å². The van der Waals surface area contributed by atoms with E-state index >= 15 is 0 Å². The monoisotopic (exact) mass is 269 g/mol. The summed E-state index contributed by atoms with van der Waals surface area (Å²) in [5.74, 6) is 0.770. The Hall–Kier alpha value is -2.36. The molecule has 0 bridgehead atoms. The van der Waals surface area contributed by atoms with Gasteiger partial charge in [0.15, 0.2) is 0 Å². The van der Waals surface area contributed by atoms with E-state index in [2.05, 4.69) is 14.9 Å². The largest absolute Gasteiger partial charge is 0.378 e. The number of anilines is 1. The fraction of sp³-hybridized carbons (Fsp3) is 0.188. The Morgan fingerprint density at radius 1 is 1.20 bits per heavy atom. The Bertz CT molecular complexity index is 762. The lowest BCUT2D eigenvalue weighted by molar-refractivity contribution is 0.618. The number of halogens is 1. The van der Waals surface area contributed by atoms with Crippen molar-refractivity contribution >= 4 is 16.7 Å². The molecule has 0 saturated heterocycles. The van der Waals surface area contributed by atoms with Gasteiger partial charge in [-0.2, -0.15) is 0 Å². The zero-order valence-electron chi connectivity index (χ0n) is 11.5. The first-order valence-corrected chi connectivity index (χ1v) is 6.55. The quantitative estimate of drug-likeness (QED) is 0.786. The van der Waals surface area contributed by atoms with E-state index in [1.165, 1.54) is 6.07 Å². The molecule has 1 N–H and O–H groups in total. The van der Waals surface area contributed by atoms with Crippen LogP contribution in [0.1, 0.15) is 11.4 Å². The van der Waals surface area contributed by atoms with Gasteiger partial charge in [0.05, 0.1) is 17.6 Å². The molecule has 0 aliphatic heterocycles. The van der Waals surface area contributed by atoms with E-state index in [4.69, 9.17) is 0 Å². The summed E-state index contributed by atoms with van der Waals surface area (Å²) in [4.78, 5) is 4.59. The van der Waals surface area contributed by atoms with Crippen molar-refractivity contribution in [2.45, 2.75) is 13.5 Å². The number of hydrogen-bond donors (Lipinski definition) is 1. The predicted molar refractivity (Wildman–Crippen MR) is 79.2 cm³/mol. The highest BCUT2D eigenvalue weighted by molar-refractivity contribution is 5.75. The number of nitrogens with zero attached hydrogens (tertiary/aromatic N) is 2. The van der Waals surface area contributed by atoms with Gasteiger partial charge in [-0.3, -0.25) is 0 Å². The molecular weight excluding hydrogens is 253 g/mol. The summed E-state index contributed by atoms with van der Waals surface area (Å²) >= 11 is 0. The summed E-state index contributed by atoms with van der Waals surface area (Å²) in [5.41, 5.74) is 3.64. The van der Waals surface area contributed by atoms with Crippen molar-refractivity contribution in [1.29, 1.82) is 0 Å². The second-order valence-electron chi connectivity index (χ2n) is 4.89. The van der Waals surface area contributed by atoms with E-state index < -0.39 is 0 Å². The van der Waals surface area contributed by atoms with E-state index in [-0.39, 0.29) is 5.82 Å². The lowest BCUT2D eigenvalue weighted by Crippen LogP contribution is -2.06. The molecule has 0 aliphatic rings. The molecule has 0 fully saturated rings. The van der Waals surface area contributed by atoms with Gasteiger partial charge in [0.1, 0.15) is 11.6 Å². The van der Waals surface area contributed by atoms with Crippen LogP contribution in [-0.4, -0.2) is 9.55 Å². The maximum atomic E-state index is 13.2. The molecule has 0 saturated carbocycles. The van der Waals surface area contributed by atoms with Gasteiger partial charge < -0.3 is 9.88 Å². The van der Waals surface area contributed by atoms with Crippen LogP contribution in [0.15, 0.2) is 42.5 Å². The zero-order chi connectivity index (χ0) is 14.1. The van der Waals surface area contributed by atoms with Crippen LogP contribution in [0.2, 0.25) is 0 Å². The average molecular weight is 269 g/mol. The number of rotatable bonds is 3. The summed E-state index contributed by atoms with van der Waals surface area (Å²) in [7, 11) is 2.00. The molecule has 2 aromatic carbocycles.